The van der Waals surface area contributed by atoms with Crippen LogP contribution < -0.4 is 5.73 Å². The van der Waals surface area contributed by atoms with Gasteiger partial charge in [-0.2, -0.15) is 0 Å². The fourth-order valence-electron chi connectivity index (χ4n) is 0.969. The first-order valence-corrected chi connectivity index (χ1v) is 3.49. The van der Waals surface area contributed by atoms with E-state index in [1.807, 2.05) is 0 Å². The number of amides is 1. The fraction of sp³-hybridized carbons (Fsp3) is 0.125. The van der Waals surface area contributed by atoms with E-state index >= 15 is 0 Å². The molecule has 0 aromatic heterocycles. The van der Waals surface area contributed by atoms with Crippen molar-refractivity contribution in [2.45, 2.75) is 6.92 Å². The third-order valence-electron chi connectivity index (χ3n) is 1.66. The van der Waals surface area contributed by atoms with E-state index in [2.05, 4.69) is 5.18 Å². The standard InChI is InChI=1S/C8H7FN2O2/c1-4-2-6(9)7(10)3-5(4)8(12)11-13/h2-3H,10H2,1H3. The van der Waals surface area contributed by atoms with E-state index < -0.39 is 11.7 Å². The number of aryl methyl sites for hydroxylation is 1. The maximum absolute atomic E-state index is 12.8. The van der Waals surface area contributed by atoms with Crippen LogP contribution in [0.4, 0.5) is 10.1 Å². The van der Waals surface area contributed by atoms with Gasteiger partial charge in [0.2, 0.25) is 0 Å². The molecule has 1 aromatic rings. The number of nitrogen functional groups attached to an aromatic ring is 1. The molecule has 0 unspecified atom stereocenters. The van der Waals surface area contributed by atoms with Gasteiger partial charge in [0, 0.05) is 5.18 Å². The first-order valence-electron chi connectivity index (χ1n) is 3.49. The highest BCUT2D eigenvalue weighted by atomic mass is 19.1. The molecule has 13 heavy (non-hydrogen) atoms. The van der Waals surface area contributed by atoms with Crippen LogP contribution in [0.1, 0.15) is 15.9 Å². The predicted molar refractivity (Wildman–Crippen MR) is 45.7 cm³/mol. The van der Waals surface area contributed by atoms with Gasteiger partial charge in [0.05, 0.1) is 11.3 Å². The Morgan fingerprint density at radius 1 is 1.54 bits per heavy atom. The molecule has 2 N–H and O–H groups in total. The number of nitrogens with zero attached hydrogens (tertiary/aromatic N) is 1. The smallest absolute Gasteiger partial charge is 0.317 e. The summed E-state index contributed by atoms with van der Waals surface area (Å²) in [5, 5.41) is 2.22. The summed E-state index contributed by atoms with van der Waals surface area (Å²) in [5.41, 5.74) is 5.42. The summed E-state index contributed by atoms with van der Waals surface area (Å²) in [6.07, 6.45) is 0. The van der Waals surface area contributed by atoms with Gasteiger partial charge in [-0.15, -0.1) is 4.91 Å². The van der Waals surface area contributed by atoms with E-state index in [1.54, 1.807) is 0 Å². The zero-order valence-corrected chi connectivity index (χ0v) is 6.87. The Hall–Kier alpha value is -1.78. The average Bonchev–Trinajstić information content (AvgIpc) is 2.10. The molecule has 0 atom stereocenters. The highest BCUT2D eigenvalue weighted by Gasteiger charge is 2.11. The van der Waals surface area contributed by atoms with Crippen molar-refractivity contribution in [3.05, 3.63) is 34.0 Å². The number of rotatable bonds is 1. The highest BCUT2D eigenvalue weighted by molar-refractivity contribution is 5.97. The lowest BCUT2D eigenvalue weighted by Crippen LogP contribution is -2.01. The molecule has 0 saturated heterocycles. The van der Waals surface area contributed by atoms with Crippen LogP contribution in [0, 0.1) is 17.6 Å². The quantitative estimate of drug-likeness (QED) is 0.529. The van der Waals surface area contributed by atoms with E-state index in [0.29, 0.717) is 5.56 Å². The molecule has 1 amide bonds. The number of nitroso groups, excluding NO2 is 1. The number of anilines is 1. The van der Waals surface area contributed by atoms with E-state index in [1.165, 1.54) is 6.92 Å². The molecule has 0 saturated carbocycles. The molecule has 1 rings (SSSR count). The van der Waals surface area contributed by atoms with Crippen LogP contribution in [0.5, 0.6) is 0 Å². The van der Waals surface area contributed by atoms with Gasteiger partial charge < -0.3 is 5.73 Å². The van der Waals surface area contributed by atoms with Gasteiger partial charge in [-0.05, 0) is 24.6 Å². The fourth-order valence-corrected chi connectivity index (χ4v) is 0.969. The van der Waals surface area contributed by atoms with Gasteiger partial charge >= 0.3 is 5.91 Å². The van der Waals surface area contributed by atoms with Crippen LogP contribution in [0.2, 0.25) is 0 Å². The van der Waals surface area contributed by atoms with Crippen LogP contribution in [0.3, 0.4) is 0 Å². The largest absolute Gasteiger partial charge is 0.396 e. The van der Waals surface area contributed by atoms with Crippen LogP contribution in [0.25, 0.3) is 0 Å². The van der Waals surface area contributed by atoms with Crippen LogP contribution in [0.15, 0.2) is 17.3 Å². The Bertz CT molecular complexity index is 377. The zero-order valence-electron chi connectivity index (χ0n) is 6.87. The van der Waals surface area contributed by atoms with Crippen molar-refractivity contribution in [2.24, 2.45) is 5.18 Å². The highest BCUT2D eigenvalue weighted by Crippen LogP contribution is 2.17. The Kier molecular flexibility index (Phi) is 2.36. The minimum absolute atomic E-state index is 0.0360. The van der Waals surface area contributed by atoms with E-state index in [0.717, 1.165) is 12.1 Å². The molecule has 5 heteroatoms. The Labute approximate surface area is 73.5 Å². The molecule has 0 radical (unpaired) electrons. The van der Waals surface area contributed by atoms with Crippen molar-refractivity contribution >= 4 is 11.6 Å². The van der Waals surface area contributed by atoms with Crippen molar-refractivity contribution in [1.82, 2.24) is 0 Å². The minimum Gasteiger partial charge on any atom is -0.396 e. The summed E-state index contributed by atoms with van der Waals surface area (Å²) < 4.78 is 12.8. The Morgan fingerprint density at radius 2 is 2.15 bits per heavy atom. The van der Waals surface area contributed by atoms with Crippen LogP contribution >= 0.6 is 0 Å². The van der Waals surface area contributed by atoms with Crippen molar-refractivity contribution in [3.8, 4) is 0 Å². The average molecular weight is 182 g/mol. The molecule has 0 heterocycles. The summed E-state index contributed by atoms with van der Waals surface area (Å²) in [6, 6.07) is 2.20. The van der Waals surface area contributed by atoms with E-state index in [9.17, 15) is 14.1 Å². The van der Waals surface area contributed by atoms with Gasteiger partial charge in [0.25, 0.3) is 0 Å². The van der Waals surface area contributed by atoms with Gasteiger partial charge in [0.1, 0.15) is 5.82 Å². The molecular formula is C8H7FN2O2. The zero-order chi connectivity index (χ0) is 10.0. The second kappa shape index (κ2) is 3.30. The third-order valence-corrected chi connectivity index (χ3v) is 1.66. The molecule has 4 nitrogen and oxygen atoms in total. The number of hydrogen-bond donors (Lipinski definition) is 1. The molecular weight excluding hydrogens is 175 g/mol. The maximum Gasteiger partial charge on any atom is 0.317 e. The number of carbonyl (C=O) groups excluding carboxylic acids is 1. The third kappa shape index (κ3) is 1.69. The SMILES string of the molecule is Cc1cc(F)c(N)cc1C(=O)N=O. The molecule has 68 valence electrons. The number of carbonyl (C=O) groups is 1. The van der Waals surface area contributed by atoms with Crippen LogP contribution in [-0.2, 0) is 0 Å². The van der Waals surface area contributed by atoms with Crippen molar-refractivity contribution in [3.63, 3.8) is 0 Å². The van der Waals surface area contributed by atoms with Crippen LogP contribution in [-0.4, -0.2) is 5.91 Å². The van der Waals surface area contributed by atoms with Gasteiger partial charge in [-0.25, -0.2) is 4.39 Å². The Morgan fingerprint density at radius 3 is 2.69 bits per heavy atom. The lowest BCUT2D eigenvalue weighted by Gasteiger charge is -2.02. The Balaban J connectivity index is 3.31. The summed E-state index contributed by atoms with van der Waals surface area (Å²) in [6.45, 7) is 1.50. The van der Waals surface area contributed by atoms with E-state index in [4.69, 9.17) is 5.73 Å². The summed E-state index contributed by atoms with van der Waals surface area (Å²) in [5.74, 6) is -1.55. The minimum atomic E-state index is -0.941. The topological polar surface area (TPSA) is 72.5 Å². The molecule has 0 aliphatic carbocycles. The first kappa shape index (κ1) is 9.31. The molecule has 1 aromatic carbocycles. The number of benzene rings is 1. The second-order valence-corrected chi connectivity index (χ2v) is 2.59. The number of hydrogen-bond acceptors (Lipinski definition) is 3. The molecule has 0 spiro atoms. The van der Waals surface area contributed by atoms with Gasteiger partial charge in [-0.1, -0.05) is 0 Å². The molecule has 0 bridgehead atoms. The molecule has 0 aliphatic heterocycles. The van der Waals surface area contributed by atoms with E-state index in [-0.39, 0.29) is 11.3 Å². The second-order valence-electron chi connectivity index (χ2n) is 2.59. The summed E-state index contributed by atoms with van der Waals surface area (Å²) >= 11 is 0. The maximum atomic E-state index is 12.8. The normalized spacial score (nSPS) is 9.69. The summed E-state index contributed by atoms with van der Waals surface area (Å²) in [4.78, 5) is 20.8. The van der Waals surface area contributed by atoms with Gasteiger partial charge in [0.15, 0.2) is 0 Å². The first-order chi connectivity index (χ1) is 6.06. The number of halogens is 1. The van der Waals surface area contributed by atoms with Crippen molar-refractivity contribution in [1.29, 1.82) is 0 Å². The van der Waals surface area contributed by atoms with Crippen molar-refractivity contribution < 1.29 is 9.18 Å². The summed E-state index contributed by atoms with van der Waals surface area (Å²) in [7, 11) is 0. The van der Waals surface area contributed by atoms with Crippen molar-refractivity contribution in [2.75, 3.05) is 5.73 Å². The lowest BCUT2D eigenvalue weighted by atomic mass is 10.1. The molecule has 0 aliphatic rings. The lowest BCUT2D eigenvalue weighted by molar-refractivity contribution is 0.1000. The monoisotopic (exact) mass is 182 g/mol. The van der Waals surface area contributed by atoms with Gasteiger partial charge in [-0.3, -0.25) is 4.79 Å². The number of nitrogens with two attached hydrogens (primary N) is 1. The predicted octanol–water partition coefficient (Wildman–Crippen LogP) is 1.62. The molecule has 0 fully saturated rings.